The van der Waals surface area contributed by atoms with E-state index in [1.165, 1.54) is 5.70 Å². The molecule has 22 heavy (non-hydrogen) atoms. The molecule has 2 heterocycles. The van der Waals surface area contributed by atoms with Crippen molar-refractivity contribution in [3.8, 4) is 0 Å². The van der Waals surface area contributed by atoms with E-state index in [9.17, 15) is 8.42 Å². The fourth-order valence-corrected chi connectivity index (χ4v) is 5.52. The third-order valence-electron chi connectivity index (χ3n) is 5.16. The number of likely N-dealkylation sites (N-methyl/N-ethyl adjacent to an activating group) is 1. The topological polar surface area (TPSA) is 49.7 Å². The Bertz CT molecular complexity index is 671. The van der Waals surface area contributed by atoms with Crippen molar-refractivity contribution in [3.63, 3.8) is 0 Å². The Hall–Kier alpha value is -1.36. The minimum Gasteiger partial charge on any atom is -0.370 e. The molecule has 0 amide bonds. The Balaban J connectivity index is 1.79. The van der Waals surface area contributed by atoms with Crippen LogP contribution in [0.15, 0.2) is 41.1 Å². The summed E-state index contributed by atoms with van der Waals surface area (Å²) in [6.07, 6.45) is 13.3. The molecule has 2 saturated heterocycles. The molecule has 0 bridgehead atoms. The van der Waals surface area contributed by atoms with Crippen molar-refractivity contribution in [2.45, 2.75) is 32.4 Å². The number of aliphatic imine (C=N–C) groups is 1. The lowest BCUT2D eigenvalue weighted by Gasteiger charge is -2.26. The summed E-state index contributed by atoms with van der Waals surface area (Å²) in [6, 6.07) is 0.324. The lowest BCUT2D eigenvalue weighted by Crippen LogP contribution is -2.27. The summed E-state index contributed by atoms with van der Waals surface area (Å²) in [6.45, 7) is 4.52. The minimum atomic E-state index is -2.86. The molecule has 0 aromatic heterocycles. The lowest BCUT2D eigenvalue weighted by molar-refractivity contribution is 0.344. The van der Waals surface area contributed by atoms with Gasteiger partial charge >= 0.3 is 0 Å². The zero-order valence-electron chi connectivity index (χ0n) is 13.4. The molecule has 2 fully saturated rings. The Morgan fingerprint density at radius 1 is 1.32 bits per heavy atom. The van der Waals surface area contributed by atoms with Gasteiger partial charge in [0.2, 0.25) is 0 Å². The summed E-state index contributed by atoms with van der Waals surface area (Å²) in [4.78, 5) is 6.76. The van der Waals surface area contributed by atoms with Crippen molar-refractivity contribution in [2.24, 2.45) is 16.3 Å². The van der Waals surface area contributed by atoms with Crippen LogP contribution in [0.3, 0.4) is 0 Å². The van der Waals surface area contributed by atoms with Crippen molar-refractivity contribution >= 4 is 16.1 Å². The van der Waals surface area contributed by atoms with Gasteiger partial charge in [0.1, 0.15) is 0 Å². The normalized spacial score (nSPS) is 37.3. The van der Waals surface area contributed by atoms with Gasteiger partial charge in [-0.15, -0.1) is 0 Å². The van der Waals surface area contributed by atoms with Gasteiger partial charge in [0.15, 0.2) is 9.84 Å². The van der Waals surface area contributed by atoms with E-state index in [0.29, 0.717) is 18.4 Å². The van der Waals surface area contributed by atoms with Gasteiger partial charge in [-0.1, -0.05) is 38.2 Å². The number of rotatable bonds is 2. The second-order valence-corrected chi connectivity index (χ2v) is 9.25. The molecule has 0 N–H and O–H groups in total. The fraction of sp³-hybridized carbons (Fsp3) is 0.588. The highest BCUT2D eigenvalue weighted by Gasteiger charge is 2.46. The molecule has 0 radical (unpaired) electrons. The molecule has 0 aromatic rings. The molecule has 3 rings (SSSR count). The highest BCUT2D eigenvalue weighted by Crippen LogP contribution is 2.49. The molecule has 0 aromatic carbocycles. The number of likely N-dealkylation sites (tertiary alicyclic amines) is 1. The Morgan fingerprint density at radius 2 is 2.05 bits per heavy atom. The Morgan fingerprint density at radius 3 is 2.68 bits per heavy atom. The van der Waals surface area contributed by atoms with Crippen molar-refractivity contribution in [1.82, 2.24) is 4.90 Å². The molecule has 3 atom stereocenters. The first-order valence-electron chi connectivity index (χ1n) is 7.83. The van der Waals surface area contributed by atoms with E-state index >= 15 is 0 Å². The van der Waals surface area contributed by atoms with E-state index in [4.69, 9.17) is 0 Å². The molecule has 4 nitrogen and oxygen atoms in total. The maximum absolute atomic E-state index is 11.5. The van der Waals surface area contributed by atoms with Gasteiger partial charge in [-0.3, -0.25) is 4.99 Å². The second kappa shape index (κ2) is 5.37. The fourth-order valence-electron chi connectivity index (χ4n) is 3.88. The van der Waals surface area contributed by atoms with E-state index in [0.717, 1.165) is 0 Å². The molecule has 3 unspecified atom stereocenters. The van der Waals surface area contributed by atoms with Gasteiger partial charge in [-0.25, -0.2) is 8.42 Å². The highest BCUT2D eigenvalue weighted by atomic mass is 32.2. The monoisotopic (exact) mass is 320 g/mol. The first-order chi connectivity index (χ1) is 10.3. The maximum Gasteiger partial charge on any atom is 0.152 e. The summed E-state index contributed by atoms with van der Waals surface area (Å²) in [5, 5.41) is 0. The first-order valence-corrected chi connectivity index (χ1v) is 9.65. The maximum atomic E-state index is 11.5. The van der Waals surface area contributed by atoms with E-state index in [-0.39, 0.29) is 23.0 Å². The lowest BCUT2D eigenvalue weighted by atomic mass is 9.75. The van der Waals surface area contributed by atoms with Crippen LogP contribution in [-0.2, 0) is 9.84 Å². The number of nitrogens with zero attached hydrogens (tertiary/aromatic N) is 2. The number of sulfone groups is 1. The number of hydrogen-bond acceptors (Lipinski definition) is 4. The molecule has 5 heteroatoms. The van der Waals surface area contributed by atoms with Crippen LogP contribution in [-0.4, -0.2) is 50.2 Å². The number of hydrogen-bond donors (Lipinski definition) is 0. The van der Waals surface area contributed by atoms with Crippen LogP contribution in [0, 0.1) is 11.3 Å². The third kappa shape index (κ3) is 2.67. The molecular weight excluding hydrogens is 296 g/mol. The van der Waals surface area contributed by atoms with Crippen molar-refractivity contribution in [1.29, 1.82) is 0 Å². The average Bonchev–Trinajstić information content (AvgIpc) is 2.90. The van der Waals surface area contributed by atoms with Crippen LogP contribution in [0.5, 0.6) is 0 Å². The van der Waals surface area contributed by atoms with Crippen LogP contribution in [0.2, 0.25) is 0 Å². The summed E-state index contributed by atoms with van der Waals surface area (Å²) in [5.74, 6) is 0.938. The summed E-state index contributed by atoms with van der Waals surface area (Å²) in [5.41, 5.74) is 1.30. The van der Waals surface area contributed by atoms with Gasteiger partial charge < -0.3 is 4.90 Å². The summed E-state index contributed by atoms with van der Waals surface area (Å²) in [7, 11) is -0.738. The average molecular weight is 320 g/mol. The summed E-state index contributed by atoms with van der Waals surface area (Å²) >= 11 is 0. The van der Waals surface area contributed by atoms with Crippen LogP contribution in [0.25, 0.3) is 0 Å². The van der Waals surface area contributed by atoms with Crippen LogP contribution < -0.4 is 0 Å². The van der Waals surface area contributed by atoms with Gasteiger partial charge in [0.25, 0.3) is 0 Å². The molecule has 0 saturated carbocycles. The van der Waals surface area contributed by atoms with Crippen molar-refractivity contribution in [2.75, 3.05) is 18.6 Å². The molecule has 1 aliphatic carbocycles. The predicted octanol–water partition coefficient (Wildman–Crippen LogP) is 2.21. The first kappa shape index (κ1) is 15.5. The zero-order valence-corrected chi connectivity index (χ0v) is 14.3. The van der Waals surface area contributed by atoms with Crippen molar-refractivity contribution in [3.05, 3.63) is 36.1 Å². The smallest absolute Gasteiger partial charge is 0.152 e. The molecule has 2 aliphatic heterocycles. The third-order valence-corrected chi connectivity index (χ3v) is 6.91. The van der Waals surface area contributed by atoms with Crippen LogP contribution in [0.1, 0.15) is 20.3 Å². The van der Waals surface area contributed by atoms with Gasteiger partial charge in [0.05, 0.1) is 23.6 Å². The van der Waals surface area contributed by atoms with Gasteiger partial charge in [-0.05, 0) is 12.5 Å². The van der Waals surface area contributed by atoms with E-state index in [1.54, 1.807) is 0 Å². The van der Waals surface area contributed by atoms with E-state index < -0.39 is 9.84 Å². The highest BCUT2D eigenvalue weighted by molar-refractivity contribution is 7.91. The molecule has 3 aliphatic rings. The molecule has 0 spiro atoms. The molecule has 120 valence electrons. The predicted molar refractivity (Wildman–Crippen MR) is 90.7 cm³/mol. The standard InChI is InChI=1S/C17H24N2O2S/c1-17(2)14-6-4-5-7-15(14)19(3)16(17)8-10-18-13-9-11-22(20,21)12-13/h4-8,10,13-15H,9,11-12H2,1-3H3. The number of allylic oxidation sites excluding steroid dienone is 4. The molecular formula is C17H24N2O2S. The minimum absolute atomic E-state index is 0.0500. The van der Waals surface area contributed by atoms with Crippen LogP contribution >= 0.6 is 0 Å². The number of fused-ring (bicyclic) bond motifs is 1. The second-order valence-electron chi connectivity index (χ2n) is 7.03. The van der Waals surface area contributed by atoms with Crippen molar-refractivity contribution < 1.29 is 8.42 Å². The SMILES string of the molecule is CN1C(=CC=NC2CCS(=O)(=O)C2)C(C)(C)C2C=CC=CC21. The quantitative estimate of drug-likeness (QED) is 0.733. The van der Waals surface area contributed by atoms with Gasteiger partial charge in [-0.2, -0.15) is 0 Å². The van der Waals surface area contributed by atoms with Crippen LogP contribution in [0.4, 0.5) is 0 Å². The summed E-state index contributed by atoms with van der Waals surface area (Å²) < 4.78 is 22.9. The van der Waals surface area contributed by atoms with Gasteiger partial charge in [0, 0.05) is 30.3 Å². The van der Waals surface area contributed by atoms with E-state index in [2.05, 4.69) is 61.2 Å². The Labute approximate surface area is 133 Å². The van der Waals surface area contributed by atoms with E-state index in [1.807, 2.05) is 6.21 Å². The Kier molecular flexibility index (Phi) is 3.79. The zero-order chi connectivity index (χ0) is 16.0. The largest absolute Gasteiger partial charge is 0.370 e.